The van der Waals surface area contributed by atoms with E-state index in [-0.39, 0.29) is 0 Å². The molecule has 0 fully saturated rings. The molecule has 0 aliphatic heterocycles. The van der Waals surface area contributed by atoms with Crippen LogP contribution in [0.25, 0.3) is 0 Å². The zero-order valence-corrected chi connectivity index (χ0v) is 11.8. The fourth-order valence-corrected chi connectivity index (χ4v) is 2.94. The number of thiazole rings is 1. The number of unbranched alkanes of at least 4 members (excludes halogenated alkanes) is 3. The number of nitrogens with zero attached hydrogens (tertiary/aromatic N) is 1. The van der Waals surface area contributed by atoms with Gasteiger partial charge in [0.15, 0.2) is 0 Å². The highest BCUT2D eigenvalue weighted by Crippen LogP contribution is 2.22. The van der Waals surface area contributed by atoms with E-state index < -0.39 is 0 Å². The van der Waals surface area contributed by atoms with Crippen LogP contribution in [0.5, 0.6) is 0 Å². The van der Waals surface area contributed by atoms with Crippen LogP contribution in [0, 0.1) is 5.92 Å². The molecule has 0 spiro atoms. The van der Waals surface area contributed by atoms with Crippen molar-refractivity contribution < 1.29 is 0 Å². The van der Waals surface area contributed by atoms with Crippen LogP contribution in [0.1, 0.15) is 56.9 Å². The molecular weight excluding hydrogens is 228 g/mol. The molecular formula is C14H26N2S. The molecule has 1 atom stereocenters. The van der Waals surface area contributed by atoms with Crippen molar-refractivity contribution in [2.45, 2.75) is 58.3 Å². The van der Waals surface area contributed by atoms with Crippen LogP contribution < -0.4 is 5.73 Å². The van der Waals surface area contributed by atoms with Gasteiger partial charge in [-0.15, -0.1) is 11.3 Å². The van der Waals surface area contributed by atoms with Gasteiger partial charge in [0.2, 0.25) is 0 Å². The Labute approximate surface area is 110 Å². The highest BCUT2D eigenvalue weighted by Gasteiger charge is 2.10. The van der Waals surface area contributed by atoms with Gasteiger partial charge >= 0.3 is 0 Å². The molecule has 98 valence electrons. The van der Waals surface area contributed by atoms with Crippen LogP contribution in [0.3, 0.4) is 0 Å². The molecule has 2 nitrogen and oxygen atoms in total. The lowest BCUT2D eigenvalue weighted by Crippen LogP contribution is -2.07. The van der Waals surface area contributed by atoms with Crippen molar-refractivity contribution in [1.29, 1.82) is 0 Å². The van der Waals surface area contributed by atoms with E-state index in [2.05, 4.69) is 17.3 Å². The third-order valence-corrected chi connectivity index (χ3v) is 4.03. The summed E-state index contributed by atoms with van der Waals surface area (Å²) in [6, 6.07) is 0. The standard InChI is InChI=1S/C14H26N2S/c1-2-3-4-7-13(8-5-6-9-15)12-14-16-10-11-17-14/h10-11,13H,2-9,12,15H2,1H3. The number of hydrogen-bond donors (Lipinski definition) is 1. The van der Waals surface area contributed by atoms with Crippen molar-refractivity contribution in [2.75, 3.05) is 6.54 Å². The quantitative estimate of drug-likeness (QED) is 0.641. The second kappa shape index (κ2) is 9.60. The Hall–Kier alpha value is -0.410. The molecule has 1 rings (SSSR count). The largest absolute Gasteiger partial charge is 0.330 e. The molecule has 0 aromatic carbocycles. The highest BCUT2D eigenvalue weighted by atomic mass is 32.1. The van der Waals surface area contributed by atoms with E-state index >= 15 is 0 Å². The Morgan fingerprint density at radius 2 is 2.00 bits per heavy atom. The minimum atomic E-state index is 0.819. The van der Waals surface area contributed by atoms with E-state index in [1.54, 1.807) is 11.3 Å². The van der Waals surface area contributed by atoms with Crippen LogP contribution in [-0.2, 0) is 6.42 Å². The first-order chi connectivity index (χ1) is 8.36. The van der Waals surface area contributed by atoms with E-state index in [1.165, 1.54) is 56.4 Å². The van der Waals surface area contributed by atoms with Gasteiger partial charge in [-0.3, -0.25) is 0 Å². The summed E-state index contributed by atoms with van der Waals surface area (Å²) in [6.07, 6.45) is 12.3. The summed E-state index contributed by atoms with van der Waals surface area (Å²) >= 11 is 1.79. The molecule has 17 heavy (non-hydrogen) atoms. The van der Waals surface area contributed by atoms with Gasteiger partial charge in [0.25, 0.3) is 0 Å². The second-order valence-electron chi connectivity index (χ2n) is 4.78. The summed E-state index contributed by atoms with van der Waals surface area (Å²) in [7, 11) is 0. The SMILES string of the molecule is CCCCCC(CCCCN)Cc1nccs1. The van der Waals surface area contributed by atoms with Crippen LogP contribution in [0.15, 0.2) is 11.6 Å². The van der Waals surface area contributed by atoms with E-state index in [1.807, 2.05) is 6.20 Å². The Morgan fingerprint density at radius 3 is 2.59 bits per heavy atom. The summed E-state index contributed by atoms with van der Waals surface area (Å²) in [5, 5.41) is 3.39. The molecule has 1 aromatic heterocycles. The minimum Gasteiger partial charge on any atom is -0.330 e. The summed E-state index contributed by atoms with van der Waals surface area (Å²) < 4.78 is 0. The number of rotatable bonds is 10. The average Bonchev–Trinajstić information content (AvgIpc) is 2.82. The van der Waals surface area contributed by atoms with Crippen molar-refractivity contribution in [3.63, 3.8) is 0 Å². The van der Waals surface area contributed by atoms with Gasteiger partial charge in [-0.25, -0.2) is 4.98 Å². The monoisotopic (exact) mass is 254 g/mol. The molecule has 0 bridgehead atoms. The maximum absolute atomic E-state index is 5.56. The molecule has 3 heteroatoms. The van der Waals surface area contributed by atoms with Crippen molar-refractivity contribution in [3.05, 3.63) is 16.6 Å². The van der Waals surface area contributed by atoms with Gasteiger partial charge in [0, 0.05) is 18.0 Å². The number of aromatic nitrogens is 1. The molecule has 0 saturated heterocycles. The van der Waals surface area contributed by atoms with Crippen LogP contribution in [-0.4, -0.2) is 11.5 Å². The maximum Gasteiger partial charge on any atom is 0.0927 e. The lowest BCUT2D eigenvalue weighted by atomic mass is 9.92. The fourth-order valence-electron chi connectivity index (χ4n) is 2.21. The van der Waals surface area contributed by atoms with Gasteiger partial charge in [0.1, 0.15) is 0 Å². The molecule has 0 amide bonds. The van der Waals surface area contributed by atoms with Crippen molar-refractivity contribution >= 4 is 11.3 Å². The van der Waals surface area contributed by atoms with E-state index in [9.17, 15) is 0 Å². The second-order valence-corrected chi connectivity index (χ2v) is 5.76. The maximum atomic E-state index is 5.56. The first-order valence-corrected chi connectivity index (χ1v) is 7.83. The molecule has 0 aliphatic carbocycles. The number of nitrogens with two attached hydrogens (primary N) is 1. The van der Waals surface area contributed by atoms with E-state index in [0.717, 1.165) is 12.5 Å². The third kappa shape index (κ3) is 6.79. The lowest BCUT2D eigenvalue weighted by molar-refractivity contribution is 0.410. The zero-order chi connectivity index (χ0) is 12.3. The average molecular weight is 254 g/mol. The predicted octanol–water partition coefficient (Wildman–Crippen LogP) is 4.01. The fraction of sp³-hybridized carbons (Fsp3) is 0.786. The van der Waals surface area contributed by atoms with E-state index in [4.69, 9.17) is 5.73 Å². The molecule has 0 saturated carbocycles. The first kappa shape index (κ1) is 14.7. The van der Waals surface area contributed by atoms with Crippen molar-refractivity contribution in [1.82, 2.24) is 4.98 Å². The predicted molar refractivity (Wildman–Crippen MR) is 76.4 cm³/mol. The molecule has 0 radical (unpaired) electrons. The molecule has 2 N–H and O–H groups in total. The third-order valence-electron chi connectivity index (χ3n) is 3.23. The summed E-state index contributed by atoms with van der Waals surface area (Å²) in [5.41, 5.74) is 5.56. The normalized spacial score (nSPS) is 12.8. The topological polar surface area (TPSA) is 38.9 Å². The smallest absolute Gasteiger partial charge is 0.0927 e. The molecule has 1 unspecified atom stereocenters. The molecule has 1 aromatic rings. The van der Waals surface area contributed by atoms with Crippen LogP contribution >= 0.6 is 11.3 Å². The van der Waals surface area contributed by atoms with Crippen LogP contribution in [0.4, 0.5) is 0 Å². The van der Waals surface area contributed by atoms with Gasteiger partial charge in [-0.05, 0) is 25.3 Å². The first-order valence-electron chi connectivity index (χ1n) is 6.95. The van der Waals surface area contributed by atoms with Crippen molar-refractivity contribution in [2.24, 2.45) is 11.7 Å². The minimum absolute atomic E-state index is 0.819. The molecule has 1 heterocycles. The van der Waals surface area contributed by atoms with Gasteiger partial charge in [-0.1, -0.05) is 39.0 Å². The van der Waals surface area contributed by atoms with Crippen molar-refractivity contribution in [3.8, 4) is 0 Å². The van der Waals surface area contributed by atoms with E-state index in [0.29, 0.717) is 0 Å². The van der Waals surface area contributed by atoms with Gasteiger partial charge in [-0.2, -0.15) is 0 Å². The number of hydrogen-bond acceptors (Lipinski definition) is 3. The lowest BCUT2D eigenvalue weighted by Gasteiger charge is -2.15. The van der Waals surface area contributed by atoms with Gasteiger partial charge < -0.3 is 5.73 Å². The summed E-state index contributed by atoms with van der Waals surface area (Å²) in [5.74, 6) is 0.819. The van der Waals surface area contributed by atoms with Gasteiger partial charge in [0.05, 0.1) is 5.01 Å². The zero-order valence-electron chi connectivity index (χ0n) is 11.0. The Balaban J connectivity index is 2.29. The Kier molecular flexibility index (Phi) is 8.28. The summed E-state index contributed by atoms with van der Waals surface area (Å²) in [6.45, 7) is 3.10. The van der Waals surface area contributed by atoms with Crippen LogP contribution in [0.2, 0.25) is 0 Å². The Morgan fingerprint density at radius 1 is 1.24 bits per heavy atom. The highest BCUT2D eigenvalue weighted by molar-refractivity contribution is 7.09. The molecule has 0 aliphatic rings. The Bertz CT molecular complexity index is 249. The summed E-state index contributed by atoms with van der Waals surface area (Å²) in [4.78, 5) is 4.41.